The average Bonchev–Trinajstić information content (AvgIpc) is 2.96. The second kappa shape index (κ2) is 13.6. The van der Waals surface area contributed by atoms with E-state index in [2.05, 4.69) is 5.32 Å². The third-order valence-electron chi connectivity index (χ3n) is 6.50. The van der Waals surface area contributed by atoms with Crippen molar-refractivity contribution in [1.82, 2.24) is 5.32 Å². The van der Waals surface area contributed by atoms with Crippen LogP contribution in [0.3, 0.4) is 0 Å². The highest BCUT2D eigenvalue weighted by Crippen LogP contribution is 2.40. The van der Waals surface area contributed by atoms with E-state index >= 15 is 0 Å². The molecule has 0 fully saturated rings. The molecule has 12 heteroatoms. The number of hydrogen-bond donors (Lipinski definition) is 3. The molecule has 0 spiro atoms. The molecule has 3 N–H and O–H groups in total. The van der Waals surface area contributed by atoms with Crippen LogP contribution in [0.2, 0.25) is 5.02 Å². The van der Waals surface area contributed by atoms with Crippen LogP contribution in [-0.4, -0.2) is 46.1 Å². The summed E-state index contributed by atoms with van der Waals surface area (Å²) in [6.45, 7) is 2.53. The van der Waals surface area contributed by atoms with E-state index < -0.39 is 26.1 Å². The highest BCUT2D eigenvalue weighted by Gasteiger charge is 2.34. The van der Waals surface area contributed by atoms with Gasteiger partial charge in [0.1, 0.15) is 0 Å². The van der Waals surface area contributed by atoms with E-state index in [0.29, 0.717) is 29.2 Å². The molecule has 3 aromatic rings. The number of fused-ring (bicyclic) bond motifs is 2. The maximum absolute atomic E-state index is 13.2. The van der Waals surface area contributed by atoms with Crippen LogP contribution < -0.4 is 9.62 Å². The lowest BCUT2D eigenvalue weighted by atomic mass is 9.96. The first kappa shape index (κ1) is 31.6. The Bertz CT molecular complexity index is 1540. The molecule has 40 heavy (non-hydrogen) atoms. The highest BCUT2D eigenvalue weighted by molar-refractivity contribution is 7.92. The summed E-state index contributed by atoms with van der Waals surface area (Å²) in [6.07, 6.45) is 3.52. The molecule has 0 radical (unpaired) electrons. The third-order valence-corrected chi connectivity index (χ3v) is 9.43. The van der Waals surface area contributed by atoms with Gasteiger partial charge in [-0.3, -0.25) is 13.7 Å². The number of anilines is 1. The van der Waals surface area contributed by atoms with Crippen molar-refractivity contribution in [3.05, 3.63) is 88.4 Å². The number of para-hydroxylation sites is 1. The summed E-state index contributed by atoms with van der Waals surface area (Å²) in [5, 5.41) is 12.6. The van der Waals surface area contributed by atoms with Gasteiger partial charge in [0.05, 0.1) is 21.5 Å². The number of aliphatic carboxylic acids is 1. The third kappa shape index (κ3) is 8.05. The average molecular weight is 609 g/mol. The van der Waals surface area contributed by atoms with Gasteiger partial charge in [-0.25, -0.2) is 8.42 Å². The zero-order valence-corrected chi connectivity index (χ0v) is 24.6. The lowest BCUT2D eigenvalue weighted by Crippen LogP contribution is -2.26. The number of carboxylic acid groups (broad SMARTS) is 1. The minimum Gasteiger partial charge on any atom is -0.481 e. The Hall–Kier alpha value is -2.96. The van der Waals surface area contributed by atoms with E-state index in [9.17, 15) is 21.6 Å². The normalized spacial score (nSPS) is 15.7. The van der Waals surface area contributed by atoms with E-state index in [4.69, 9.17) is 21.3 Å². The van der Waals surface area contributed by atoms with E-state index in [1.165, 1.54) is 22.5 Å². The van der Waals surface area contributed by atoms with Crippen molar-refractivity contribution >= 4 is 43.4 Å². The Morgan fingerprint density at radius 2 is 1.62 bits per heavy atom. The van der Waals surface area contributed by atoms with Gasteiger partial charge in [0.15, 0.2) is 0 Å². The number of carbonyl (C=O) groups is 1. The van der Waals surface area contributed by atoms with Crippen LogP contribution in [0, 0.1) is 6.92 Å². The van der Waals surface area contributed by atoms with E-state index in [0.717, 1.165) is 30.4 Å². The molecule has 3 aromatic carbocycles. The Morgan fingerprint density at radius 3 is 2.27 bits per heavy atom. The van der Waals surface area contributed by atoms with Gasteiger partial charge >= 0.3 is 5.97 Å². The molecule has 1 unspecified atom stereocenters. The second-order valence-corrected chi connectivity index (χ2v) is 13.2. The van der Waals surface area contributed by atoms with Crippen molar-refractivity contribution in [2.45, 2.75) is 54.9 Å². The predicted molar refractivity (Wildman–Crippen MR) is 155 cm³/mol. The SMILES string of the molecule is CN1c2ccccc2C(NCCCCCCC(=O)O)c2ccc(Cl)cc2S1(=O)=O.Cc1ccc(S(=O)(=O)O)cc1. The summed E-state index contributed by atoms with van der Waals surface area (Å²) >= 11 is 6.12. The quantitative estimate of drug-likeness (QED) is 0.216. The van der Waals surface area contributed by atoms with Crippen molar-refractivity contribution in [3.63, 3.8) is 0 Å². The second-order valence-electron chi connectivity index (χ2n) is 9.45. The summed E-state index contributed by atoms with van der Waals surface area (Å²) in [6, 6.07) is 18.2. The molecule has 0 aliphatic carbocycles. The van der Waals surface area contributed by atoms with Crippen LogP contribution in [0.15, 0.2) is 76.5 Å². The minimum absolute atomic E-state index is 0.0666. The summed E-state index contributed by atoms with van der Waals surface area (Å²) in [5.74, 6) is -0.765. The van der Waals surface area contributed by atoms with Gasteiger partial charge < -0.3 is 10.4 Å². The Balaban J connectivity index is 0.000000336. The topological polar surface area (TPSA) is 141 Å². The van der Waals surface area contributed by atoms with Crippen molar-refractivity contribution < 1.29 is 31.3 Å². The van der Waals surface area contributed by atoms with Gasteiger partial charge in [-0.2, -0.15) is 8.42 Å². The first-order valence-corrected chi connectivity index (χ1v) is 15.9. The molecule has 0 saturated heterocycles. The Labute approximate surface area is 240 Å². The molecule has 0 saturated carbocycles. The zero-order chi connectivity index (χ0) is 29.5. The van der Waals surface area contributed by atoms with Gasteiger partial charge in [-0.1, -0.05) is 66.4 Å². The zero-order valence-electron chi connectivity index (χ0n) is 22.2. The Kier molecular flexibility index (Phi) is 10.7. The number of benzene rings is 3. The fraction of sp³-hybridized carbons (Fsp3) is 0.321. The fourth-order valence-corrected chi connectivity index (χ4v) is 6.56. The number of rotatable bonds is 9. The number of halogens is 1. The van der Waals surface area contributed by atoms with Crippen molar-refractivity contribution in [2.75, 3.05) is 17.9 Å². The first-order chi connectivity index (χ1) is 18.8. The summed E-state index contributed by atoms with van der Waals surface area (Å²) in [4.78, 5) is 10.7. The number of sulfonamides is 1. The van der Waals surface area contributed by atoms with Crippen molar-refractivity contribution in [2.24, 2.45) is 0 Å². The summed E-state index contributed by atoms with van der Waals surface area (Å²) in [5.41, 5.74) is 3.17. The van der Waals surface area contributed by atoms with Gasteiger partial charge in [-0.05, 0) is 67.8 Å². The van der Waals surface area contributed by atoms with E-state index in [-0.39, 0.29) is 22.3 Å². The summed E-state index contributed by atoms with van der Waals surface area (Å²) in [7, 11) is -6.18. The van der Waals surface area contributed by atoms with Crippen LogP contribution in [0.5, 0.6) is 0 Å². The fourth-order valence-electron chi connectivity index (χ4n) is 4.36. The molecule has 1 atom stereocenters. The maximum atomic E-state index is 13.2. The van der Waals surface area contributed by atoms with Crippen LogP contribution in [0.25, 0.3) is 0 Å². The largest absolute Gasteiger partial charge is 0.481 e. The van der Waals surface area contributed by atoms with Crippen LogP contribution in [0.1, 0.15) is 54.8 Å². The highest BCUT2D eigenvalue weighted by atomic mass is 35.5. The van der Waals surface area contributed by atoms with Gasteiger partial charge in [-0.15, -0.1) is 0 Å². The van der Waals surface area contributed by atoms with Crippen LogP contribution in [-0.2, 0) is 24.9 Å². The lowest BCUT2D eigenvalue weighted by Gasteiger charge is -2.22. The van der Waals surface area contributed by atoms with Crippen molar-refractivity contribution in [3.8, 4) is 0 Å². The first-order valence-electron chi connectivity index (χ1n) is 12.7. The maximum Gasteiger partial charge on any atom is 0.303 e. The van der Waals surface area contributed by atoms with Gasteiger partial charge in [0.2, 0.25) is 0 Å². The van der Waals surface area contributed by atoms with Crippen LogP contribution in [0.4, 0.5) is 5.69 Å². The van der Waals surface area contributed by atoms with Crippen LogP contribution >= 0.6 is 11.6 Å². The Morgan fingerprint density at radius 1 is 0.975 bits per heavy atom. The summed E-state index contributed by atoms with van der Waals surface area (Å²) < 4.78 is 57.2. The number of unbranched alkanes of at least 4 members (excludes halogenated alkanes) is 3. The standard InChI is InChI=1S/C21H25ClN2O4S.C7H8O3S/c1-24-18-9-6-5-8-16(18)21(23-13-7-3-2-4-10-20(25)26)17-12-11-15(22)14-19(17)29(24,27)28;1-6-2-4-7(5-3-6)11(8,9)10/h5-6,8-9,11-12,14,21,23H,2-4,7,10,13H2,1H3,(H,25,26);2-5H,1H3,(H,8,9,10). The molecule has 0 amide bonds. The number of hydrogen-bond acceptors (Lipinski definition) is 6. The number of nitrogens with zero attached hydrogens (tertiary/aromatic N) is 1. The van der Waals surface area contributed by atoms with E-state index in [1.807, 2.05) is 25.1 Å². The molecule has 4 rings (SSSR count). The van der Waals surface area contributed by atoms with Gasteiger partial charge in [0, 0.05) is 18.5 Å². The molecule has 0 aromatic heterocycles. The monoisotopic (exact) mass is 608 g/mol. The smallest absolute Gasteiger partial charge is 0.303 e. The molecule has 0 bridgehead atoms. The number of aryl methyl sites for hydroxylation is 1. The molecular formula is C28H33ClN2O7S2. The lowest BCUT2D eigenvalue weighted by molar-refractivity contribution is -0.137. The van der Waals surface area contributed by atoms with Crippen molar-refractivity contribution in [1.29, 1.82) is 0 Å². The molecule has 9 nitrogen and oxygen atoms in total. The minimum atomic E-state index is -4.02. The number of carboxylic acids is 1. The predicted octanol–water partition coefficient (Wildman–Crippen LogP) is 5.43. The van der Waals surface area contributed by atoms with Gasteiger partial charge in [0.25, 0.3) is 20.1 Å². The van der Waals surface area contributed by atoms with E-state index in [1.54, 1.807) is 37.4 Å². The molecule has 1 aliphatic rings. The molecule has 216 valence electrons. The number of nitrogens with one attached hydrogen (secondary N) is 1. The molecular weight excluding hydrogens is 576 g/mol. The molecule has 1 aliphatic heterocycles. The molecule has 1 heterocycles.